The van der Waals surface area contributed by atoms with Crippen LogP contribution in [0, 0.1) is 6.92 Å². The second kappa shape index (κ2) is 8.08. The molecule has 0 spiro atoms. The second-order valence-corrected chi connectivity index (χ2v) is 7.10. The van der Waals surface area contributed by atoms with Crippen LogP contribution < -0.4 is 0 Å². The monoisotopic (exact) mass is 362 g/mol. The first-order valence-electron chi connectivity index (χ1n) is 9.59. The molecule has 3 aromatic rings. The molecule has 28 heavy (non-hydrogen) atoms. The molecular weight excluding hydrogens is 340 g/mol. The molecule has 1 aliphatic rings. The number of benzene rings is 3. The lowest BCUT2D eigenvalue weighted by Gasteiger charge is -2.13. The molecule has 1 heteroatoms. The molecule has 0 aliphatic heterocycles. The van der Waals surface area contributed by atoms with E-state index in [2.05, 4.69) is 49.1 Å². The molecule has 136 valence electrons. The van der Waals surface area contributed by atoms with E-state index in [0.717, 1.165) is 39.0 Å². The number of Topliss-reactive ketones (excluding diaryl/α,β-unsaturated/α-hetero) is 1. The second-order valence-electron chi connectivity index (χ2n) is 7.10. The molecule has 0 atom stereocenters. The zero-order valence-electron chi connectivity index (χ0n) is 16.0. The van der Waals surface area contributed by atoms with Crippen molar-refractivity contribution in [2.45, 2.75) is 19.8 Å². The highest BCUT2D eigenvalue weighted by Gasteiger charge is 2.15. The highest BCUT2D eigenvalue weighted by atomic mass is 16.1. The van der Waals surface area contributed by atoms with Gasteiger partial charge in [-0.1, -0.05) is 78.9 Å². The lowest BCUT2D eigenvalue weighted by Crippen LogP contribution is -2.10. The number of carbonyl (C=O) groups excluding carboxylic acids is 1. The zero-order valence-corrected chi connectivity index (χ0v) is 16.0. The van der Waals surface area contributed by atoms with E-state index < -0.39 is 0 Å². The van der Waals surface area contributed by atoms with Gasteiger partial charge < -0.3 is 0 Å². The van der Waals surface area contributed by atoms with Gasteiger partial charge in [-0.3, -0.25) is 4.79 Å². The van der Waals surface area contributed by atoms with Crippen molar-refractivity contribution in [3.63, 3.8) is 0 Å². The van der Waals surface area contributed by atoms with Crippen LogP contribution in [0.4, 0.5) is 0 Å². The number of allylic oxidation sites excluding steroid dienone is 3. The van der Waals surface area contributed by atoms with Crippen LogP contribution in [0.3, 0.4) is 0 Å². The summed E-state index contributed by atoms with van der Waals surface area (Å²) in [5.74, 6) is 0.227. The Labute approximate surface area is 166 Å². The Kier molecular flexibility index (Phi) is 5.19. The van der Waals surface area contributed by atoms with Crippen molar-refractivity contribution in [2.24, 2.45) is 0 Å². The van der Waals surface area contributed by atoms with Gasteiger partial charge >= 0.3 is 0 Å². The third kappa shape index (κ3) is 3.81. The minimum absolute atomic E-state index is 0.227. The van der Waals surface area contributed by atoms with Crippen LogP contribution in [0.1, 0.15) is 22.3 Å². The Morgan fingerprint density at radius 2 is 1.57 bits per heavy atom. The number of ketones is 1. The SMILES string of the molecule is Cc1cccc(C2=C=CC=C2)c1CC(=O)Cc1ccccc1-c1ccccc1. The van der Waals surface area contributed by atoms with Gasteiger partial charge in [0.1, 0.15) is 5.78 Å². The average Bonchev–Trinajstić information content (AvgIpc) is 3.25. The maximum absolute atomic E-state index is 13.0. The van der Waals surface area contributed by atoms with Crippen LogP contribution in [-0.2, 0) is 17.6 Å². The fraction of sp³-hybridized carbons (Fsp3) is 0.111. The summed E-state index contributed by atoms with van der Waals surface area (Å²) in [5.41, 5.74) is 11.0. The Balaban J connectivity index is 1.61. The molecule has 0 heterocycles. The highest BCUT2D eigenvalue weighted by molar-refractivity contribution is 5.88. The van der Waals surface area contributed by atoms with Gasteiger partial charge in [-0.2, -0.15) is 0 Å². The van der Waals surface area contributed by atoms with E-state index >= 15 is 0 Å². The molecule has 0 N–H and O–H groups in total. The van der Waals surface area contributed by atoms with Crippen LogP contribution in [-0.4, -0.2) is 5.78 Å². The molecule has 0 unspecified atom stereocenters. The van der Waals surface area contributed by atoms with E-state index in [1.807, 2.05) is 54.6 Å². The maximum atomic E-state index is 13.0. The molecule has 1 aliphatic carbocycles. The summed E-state index contributed by atoms with van der Waals surface area (Å²) in [6.45, 7) is 2.08. The molecule has 0 radical (unpaired) electrons. The third-order valence-corrected chi connectivity index (χ3v) is 5.16. The van der Waals surface area contributed by atoms with Crippen molar-refractivity contribution in [3.8, 4) is 11.1 Å². The van der Waals surface area contributed by atoms with Crippen molar-refractivity contribution >= 4 is 11.4 Å². The lowest BCUT2D eigenvalue weighted by molar-refractivity contribution is -0.117. The number of rotatable bonds is 6. The highest BCUT2D eigenvalue weighted by Crippen LogP contribution is 2.27. The lowest BCUT2D eigenvalue weighted by atomic mass is 9.90. The van der Waals surface area contributed by atoms with E-state index in [4.69, 9.17) is 0 Å². The summed E-state index contributed by atoms with van der Waals surface area (Å²) < 4.78 is 0. The molecule has 0 saturated heterocycles. The predicted octanol–water partition coefficient (Wildman–Crippen LogP) is 6.12. The van der Waals surface area contributed by atoms with E-state index in [9.17, 15) is 4.79 Å². The molecule has 0 amide bonds. The van der Waals surface area contributed by atoms with Gasteiger partial charge in [-0.05, 0) is 52.5 Å². The van der Waals surface area contributed by atoms with Crippen LogP contribution in [0.2, 0.25) is 0 Å². The first-order chi connectivity index (χ1) is 13.7. The van der Waals surface area contributed by atoms with Gasteiger partial charge in [-0.15, -0.1) is 5.73 Å². The molecule has 0 saturated carbocycles. The third-order valence-electron chi connectivity index (χ3n) is 5.16. The molecule has 0 fully saturated rings. The Bertz CT molecular complexity index is 1110. The fourth-order valence-electron chi connectivity index (χ4n) is 3.73. The van der Waals surface area contributed by atoms with Crippen LogP contribution in [0.5, 0.6) is 0 Å². The van der Waals surface area contributed by atoms with Crippen molar-refractivity contribution < 1.29 is 4.79 Å². The van der Waals surface area contributed by atoms with Crippen molar-refractivity contribution in [1.29, 1.82) is 0 Å². The summed E-state index contributed by atoms with van der Waals surface area (Å²) >= 11 is 0. The van der Waals surface area contributed by atoms with Gasteiger partial charge in [0.05, 0.1) is 0 Å². The molecule has 0 aromatic heterocycles. The van der Waals surface area contributed by atoms with E-state index in [1.165, 1.54) is 0 Å². The summed E-state index contributed by atoms with van der Waals surface area (Å²) in [7, 11) is 0. The number of aryl methyl sites for hydroxylation is 1. The Morgan fingerprint density at radius 1 is 0.821 bits per heavy atom. The topological polar surface area (TPSA) is 17.1 Å². The number of hydrogen-bond acceptors (Lipinski definition) is 1. The van der Waals surface area contributed by atoms with E-state index in [1.54, 1.807) is 0 Å². The molecular formula is C27H22O. The largest absolute Gasteiger partial charge is 0.299 e. The summed E-state index contributed by atoms with van der Waals surface area (Å²) in [6, 6.07) is 24.7. The molecule has 4 rings (SSSR count). The van der Waals surface area contributed by atoms with Gasteiger partial charge in [0.2, 0.25) is 0 Å². The van der Waals surface area contributed by atoms with Crippen LogP contribution in [0.15, 0.2) is 96.8 Å². The smallest absolute Gasteiger partial charge is 0.141 e. The molecule has 1 nitrogen and oxygen atoms in total. The zero-order chi connectivity index (χ0) is 19.3. The maximum Gasteiger partial charge on any atom is 0.141 e. The average molecular weight is 362 g/mol. The Morgan fingerprint density at radius 3 is 2.36 bits per heavy atom. The van der Waals surface area contributed by atoms with Crippen molar-refractivity contribution in [1.82, 2.24) is 0 Å². The van der Waals surface area contributed by atoms with Gasteiger partial charge in [0.25, 0.3) is 0 Å². The van der Waals surface area contributed by atoms with Crippen LogP contribution in [0.25, 0.3) is 16.7 Å². The minimum atomic E-state index is 0.227. The van der Waals surface area contributed by atoms with Crippen LogP contribution >= 0.6 is 0 Å². The summed E-state index contributed by atoms with van der Waals surface area (Å²) in [5, 5.41) is 0. The Hall–Kier alpha value is -3.41. The normalized spacial score (nSPS) is 12.2. The number of carbonyl (C=O) groups is 1. The minimum Gasteiger partial charge on any atom is -0.299 e. The summed E-state index contributed by atoms with van der Waals surface area (Å²) in [6.07, 6.45) is 6.82. The van der Waals surface area contributed by atoms with Gasteiger partial charge in [0.15, 0.2) is 0 Å². The van der Waals surface area contributed by atoms with Crippen molar-refractivity contribution in [3.05, 3.63) is 119 Å². The quantitative estimate of drug-likeness (QED) is 0.482. The first-order valence-corrected chi connectivity index (χ1v) is 9.59. The summed E-state index contributed by atoms with van der Waals surface area (Å²) in [4.78, 5) is 13.0. The fourth-order valence-corrected chi connectivity index (χ4v) is 3.73. The first kappa shape index (κ1) is 18.0. The predicted molar refractivity (Wildman–Crippen MR) is 116 cm³/mol. The number of hydrogen-bond donors (Lipinski definition) is 0. The van der Waals surface area contributed by atoms with E-state index in [-0.39, 0.29) is 5.78 Å². The van der Waals surface area contributed by atoms with Crippen molar-refractivity contribution in [2.75, 3.05) is 0 Å². The molecule has 0 bridgehead atoms. The molecule has 3 aromatic carbocycles. The van der Waals surface area contributed by atoms with Gasteiger partial charge in [-0.25, -0.2) is 0 Å². The standard InChI is InChI=1S/C27H22O/c1-20-10-9-17-26(22-13-5-6-14-22)27(20)19-24(28)18-23-15-7-8-16-25(23)21-11-3-2-4-12-21/h2-13,15-17H,18-19H2,1H3. The van der Waals surface area contributed by atoms with Gasteiger partial charge in [0, 0.05) is 18.4 Å². The van der Waals surface area contributed by atoms with E-state index in [0.29, 0.717) is 12.8 Å².